The Morgan fingerprint density at radius 1 is 1.03 bits per heavy atom. The van der Waals surface area contributed by atoms with Gasteiger partial charge in [-0.25, -0.2) is 4.99 Å². The van der Waals surface area contributed by atoms with Crippen LogP contribution >= 0.6 is 0 Å². The summed E-state index contributed by atoms with van der Waals surface area (Å²) in [4.78, 5) is 6.52. The van der Waals surface area contributed by atoms with E-state index in [1.807, 2.05) is 56.6 Å². The maximum Gasteiger partial charge on any atom is 0.188 e. The fourth-order valence-corrected chi connectivity index (χ4v) is 2.71. The van der Waals surface area contributed by atoms with Crippen molar-refractivity contribution in [3.05, 3.63) is 53.6 Å². The molecule has 0 bridgehead atoms. The van der Waals surface area contributed by atoms with Gasteiger partial charge in [0.15, 0.2) is 17.5 Å². The molecule has 2 aromatic carbocycles. The first-order valence-electron chi connectivity index (χ1n) is 9.63. The summed E-state index contributed by atoms with van der Waals surface area (Å²) in [5.41, 5.74) is 8.16. The molecular weight excluding hydrogens is 368 g/mol. The summed E-state index contributed by atoms with van der Waals surface area (Å²) in [6.45, 7) is 2.63. The lowest BCUT2D eigenvalue weighted by atomic mass is 10.1. The first-order valence-corrected chi connectivity index (χ1v) is 9.63. The van der Waals surface area contributed by atoms with Crippen molar-refractivity contribution >= 4 is 5.96 Å². The number of methoxy groups -OCH3 is 2. The third-order valence-corrected chi connectivity index (χ3v) is 4.36. The fraction of sp³-hybridized carbons (Fsp3) is 0.409. The maximum absolute atomic E-state index is 6.02. The molecule has 0 aromatic heterocycles. The number of aliphatic imine (C=N–C) groups is 1. The van der Waals surface area contributed by atoms with Gasteiger partial charge >= 0.3 is 0 Å². The number of guanidine groups is 1. The third kappa shape index (κ3) is 7.54. The van der Waals surface area contributed by atoms with E-state index in [1.165, 1.54) is 0 Å². The van der Waals surface area contributed by atoms with Crippen molar-refractivity contribution in [1.29, 1.82) is 0 Å². The molecule has 29 heavy (non-hydrogen) atoms. The van der Waals surface area contributed by atoms with E-state index in [1.54, 1.807) is 14.2 Å². The maximum atomic E-state index is 6.02. The zero-order valence-corrected chi connectivity index (χ0v) is 17.8. The van der Waals surface area contributed by atoms with Crippen LogP contribution in [-0.4, -0.2) is 58.9 Å². The van der Waals surface area contributed by atoms with Crippen molar-refractivity contribution in [2.45, 2.75) is 13.0 Å². The van der Waals surface area contributed by atoms with E-state index < -0.39 is 0 Å². The highest BCUT2D eigenvalue weighted by Crippen LogP contribution is 2.27. The van der Waals surface area contributed by atoms with Crippen LogP contribution in [0.2, 0.25) is 0 Å². The molecule has 0 aliphatic carbocycles. The molecule has 0 spiro atoms. The summed E-state index contributed by atoms with van der Waals surface area (Å²) >= 11 is 0. The molecule has 7 heteroatoms. The van der Waals surface area contributed by atoms with Crippen LogP contribution in [0.3, 0.4) is 0 Å². The van der Waals surface area contributed by atoms with Crippen LogP contribution in [0, 0.1) is 0 Å². The largest absolute Gasteiger partial charge is 0.493 e. The number of hydrogen-bond donors (Lipinski definition) is 2. The van der Waals surface area contributed by atoms with Gasteiger partial charge in [0.1, 0.15) is 12.4 Å². The van der Waals surface area contributed by atoms with Crippen LogP contribution < -0.4 is 25.3 Å². The van der Waals surface area contributed by atoms with Gasteiger partial charge in [0.05, 0.1) is 20.8 Å². The predicted octanol–water partition coefficient (Wildman–Crippen LogP) is 2.29. The molecule has 2 aromatic rings. The van der Waals surface area contributed by atoms with E-state index >= 15 is 0 Å². The van der Waals surface area contributed by atoms with Gasteiger partial charge in [0, 0.05) is 18.7 Å². The number of nitrogens with two attached hydrogens (primary N) is 1. The fourth-order valence-electron chi connectivity index (χ4n) is 2.71. The first kappa shape index (κ1) is 22.4. The van der Waals surface area contributed by atoms with Gasteiger partial charge in [0.25, 0.3) is 0 Å². The van der Waals surface area contributed by atoms with Gasteiger partial charge in [-0.2, -0.15) is 0 Å². The second-order valence-corrected chi connectivity index (χ2v) is 6.83. The van der Waals surface area contributed by atoms with Crippen molar-refractivity contribution < 1.29 is 14.2 Å². The number of likely N-dealkylation sites (N-methyl/N-ethyl adjacent to an activating group) is 1. The molecule has 7 nitrogen and oxygen atoms in total. The number of nitrogens with zero attached hydrogens (tertiary/aromatic N) is 2. The lowest BCUT2D eigenvalue weighted by molar-refractivity contribution is 0.259. The van der Waals surface area contributed by atoms with Gasteiger partial charge in [-0.15, -0.1) is 0 Å². The molecule has 0 saturated heterocycles. The van der Waals surface area contributed by atoms with Crippen LogP contribution in [0.1, 0.15) is 11.1 Å². The lowest BCUT2D eigenvalue weighted by Gasteiger charge is -2.13. The van der Waals surface area contributed by atoms with Crippen LogP contribution in [0.25, 0.3) is 0 Å². The van der Waals surface area contributed by atoms with Gasteiger partial charge < -0.3 is 30.2 Å². The standard InChI is InChI=1S/C22H32N4O3/c1-26(2)13-14-29-19-8-6-5-7-18(19)16-25-22(23)24-12-11-17-9-10-20(27-3)21(15-17)28-4/h5-10,15H,11-14,16H2,1-4H3,(H3,23,24,25). The second-order valence-electron chi connectivity index (χ2n) is 6.83. The highest BCUT2D eigenvalue weighted by Gasteiger charge is 2.05. The molecule has 0 aliphatic rings. The predicted molar refractivity (Wildman–Crippen MR) is 117 cm³/mol. The molecule has 0 aliphatic heterocycles. The molecule has 2 rings (SSSR count). The quantitative estimate of drug-likeness (QED) is 0.445. The minimum Gasteiger partial charge on any atom is -0.493 e. The summed E-state index contributed by atoms with van der Waals surface area (Å²) in [7, 11) is 7.30. The molecule has 0 fully saturated rings. The average Bonchev–Trinajstić information content (AvgIpc) is 2.72. The Morgan fingerprint density at radius 3 is 2.52 bits per heavy atom. The van der Waals surface area contributed by atoms with Crippen LogP contribution in [0.4, 0.5) is 0 Å². The Kier molecular flexibility index (Phi) is 9.11. The van der Waals surface area contributed by atoms with E-state index in [-0.39, 0.29) is 0 Å². The number of rotatable bonds is 11. The van der Waals surface area contributed by atoms with Crippen molar-refractivity contribution in [3.63, 3.8) is 0 Å². The Labute approximate surface area is 173 Å². The molecule has 0 unspecified atom stereocenters. The zero-order valence-electron chi connectivity index (χ0n) is 17.8. The van der Waals surface area contributed by atoms with Gasteiger partial charge in [0.2, 0.25) is 0 Å². The molecule has 0 radical (unpaired) electrons. The SMILES string of the molecule is COc1ccc(CCNC(N)=NCc2ccccc2OCCN(C)C)cc1OC. The van der Waals surface area contributed by atoms with Crippen LogP contribution in [0.5, 0.6) is 17.2 Å². The Morgan fingerprint density at radius 2 is 1.79 bits per heavy atom. The van der Waals surface area contributed by atoms with Gasteiger partial charge in [-0.3, -0.25) is 0 Å². The summed E-state index contributed by atoms with van der Waals surface area (Å²) in [6, 6.07) is 13.8. The number of benzene rings is 2. The Balaban J connectivity index is 1.85. The number of para-hydroxylation sites is 1. The smallest absolute Gasteiger partial charge is 0.188 e. The average molecular weight is 401 g/mol. The monoisotopic (exact) mass is 400 g/mol. The molecule has 158 valence electrons. The van der Waals surface area contributed by atoms with E-state index in [0.717, 1.165) is 41.3 Å². The number of ether oxygens (including phenoxy) is 3. The highest BCUT2D eigenvalue weighted by molar-refractivity contribution is 5.77. The van der Waals surface area contributed by atoms with Gasteiger partial charge in [-0.1, -0.05) is 24.3 Å². The Bertz CT molecular complexity index is 793. The van der Waals surface area contributed by atoms with Crippen molar-refractivity contribution in [2.75, 3.05) is 48.0 Å². The molecular formula is C22H32N4O3. The summed E-state index contributed by atoms with van der Waals surface area (Å²) in [6.07, 6.45) is 0.792. The van der Waals surface area contributed by atoms with Gasteiger partial charge in [-0.05, 0) is 44.3 Å². The summed E-state index contributed by atoms with van der Waals surface area (Å²) in [5, 5.41) is 3.15. The number of hydrogen-bond acceptors (Lipinski definition) is 5. The van der Waals surface area contributed by atoms with Crippen LogP contribution in [-0.2, 0) is 13.0 Å². The number of nitrogens with one attached hydrogen (secondary N) is 1. The molecule has 0 atom stereocenters. The lowest BCUT2D eigenvalue weighted by Crippen LogP contribution is -2.33. The summed E-state index contributed by atoms with van der Waals surface area (Å²) in [5.74, 6) is 2.69. The molecule has 0 saturated carbocycles. The first-order chi connectivity index (χ1) is 14.0. The van der Waals surface area contributed by atoms with E-state index in [9.17, 15) is 0 Å². The third-order valence-electron chi connectivity index (χ3n) is 4.36. The van der Waals surface area contributed by atoms with Crippen LogP contribution in [0.15, 0.2) is 47.5 Å². The van der Waals surface area contributed by atoms with E-state index in [2.05, 4.69) is 15.2 Å². The minimum atomic E-state index is 0.411. The topological polar surface area (TPSA) is 81.3 Å². The van der Waals surface area contributed by atoms with E-state index in [4.69, 9.17) is 19.9 Å². The van der Waals surface area contributed by atoms with E-state index in [0.29, 0.717) is 25.7 Å². The molecule has 0 amide bonds. The second kappa shape index (κ2) is 11.8. The van der Waals surface area contributed by atoms with Crippen molar-refractivity contribution in [3.8, 4) is 17.2 Å². The molecule has 3 N–H and O–H groups in total. The van der Waals surface area contributed by atoms with Crippen molar-refractivity contribution in [1.82, 2.24) is 10.2 Å². The summed E-state index contributed by atoms with van der Waals surface area (Å²) < 4.78 is 16.5. The van der Waals surface area contributed by atoms with Crippen molar-refractivity contribution in [2.24, 2.45) is 10.7 Å². The Hall–Kier alpha value is -2.93. The molecule has 0 heterocycles. The minimum absolute atomic E-state index is 0.411. The highest BCUT2D eigenvalue weighted by atomic mass is 16.5. The zero-order chi connectivity index (χ0) is 21.1. The normalized spacial score (nSPS) is 11.4.